The molecule has 1 aromatic rings. The van der Waals surface area contributed by atoms with Gasteiger partial charge in [-0.2, -0.15) is 11.3 Å². The Labute approximate surface area is 78.4 Å². The zero-order valence-corrected chi connectivity index (χ0v) is 8.29. The molecule has 1 unspecified atom stereocenters. The van der Waals surface area contributed by atoms with Crippen molar-refractivity contribution in [2.24, 2.45) is 0 Å². The largest absolute Gasteiger partial charge is 0.241 e. The second kappa shape index (κ2) is 3.72. The third-order valence-electron chi connectivity index (χ3n) is 1.25. The minimum atomic E-state index is -3.75. The fourth-order valence-corrected chi connectivity index (χ4v) is 2.30. The van der Waals surface area contributed by atoms with Crippen LogP contribution in [-0.4, -0.2) is 14.2 Å². The zero-order valence-electron chi connectivity index (χ0n) is 5.91. The lowest BCUT2D eigenvalue weighted by Gasteiger charge is -2.01. The van der Waals surface area contributed by atoms with Gasteiger partial charge in [-0.15, -0.1) is 0 Å². The van der Waals surface area contributed by atoms with Gasteiger partial charge in [0.05, 0.1) is 0 Å². The van der Waals surface area contributed by atoms with Crippen LogP contribution in [0.25, 0.3) is 0 Å². The van der Waals surface area contributed by atoms with E-state index in [9.17, 15) is 12.8 Å². The Balaban J connectivity index is 2.68. The first-order valence-electron chi connectivity index (χ1n) is 3.07. The van der Waals surface area contributed by atoms with Crippen LogP contribution in [0.5, 0.6) is 0 Å². The first-order chi connectivity index (χ1) is 5.49. The van der Waals surface area contributed by atoms with Gasteiger partial charge in [-0.3, -0.25) is 0 Å². The predicted molar refractivity (Wildman–Crippen MR) is 47.8 cm³/mol. The lowest BCUT2D eigenvalue weighted by Crippen LogP contribution is -2.04. The Bertz CT molecular complexity index is 332. The fourth-order valence-electron chi connectivity index (χ4n) is 0.724. The van der Waals surface area contributed by atoms with E-state index in [-0.39, 0.29) is 0 Å². The fraction of sp³-hybridized carbons (Fsp3) is 0.333. The lowest BCUT2D eigenvalue weighted by molar-refractivity contribution is 0.376. The van der Waals surface area contributed by atoms with Crippen LogP contribution in [0.1, 0.15) is 11.7 Å². The molecular weight excluding hydrogens is 223 g/mol. The van der Waals surface area contributed by atoms with Crippen molar-refractivity contribution in [1.29, 1.82) is 0 Å². The maximum atomic E-state index is 13.0. The predicted octanol–water partition coefficient (Wildman–Crippen LogP) is 2.33. The molecule has 0 saturated heterocycles. The van der Waals surface area contributed by atoms with Crippen molar-refractivity contribution in [3.63, 3.8) is 0 Å². The second-order valence-electron chi connectivity index (χ2n) is 2.23. The standard InChI is InChI=1S/C6H6ClFO2S2/c7-12(9,10)4-6(8)5-1-2-11-3-5/h1-3,6H,4H2. The molecule has 2 nitrogen and oxygen atoms in total. The molecule has 0 aromatic carbocycles. The van der Waals surface area contributed by atoms with Crippen LogP contribution in [-0.2, 0) is 9.05 Å². The normalized spacial score (nSPS) is 14.5. The maximum Gasteiger partial charge on any atom is 0.235 e. The molecule has 0 spiro atoms. The van der Waals surface area contributed by atoms with E-state index < -0.39 is 21.0 Å². The summed E-state index contributed by atoms with van der Waals surface area (Å²) in [6.07, 6.45) is -1.52. The van der Waals surface area contributed by atoms with Gasteiger partial charge in [0.1, 0.15) is 11.9 Å². The van der Waals surface area contributed by atoms with Crippen LogP contribution < -0.4 is 0 Å². The molecule has 0 saturated carbocycles. The molecule has 0 N–H and O–H groups in total. The smallest absolute Gasteiger partial charge is 0.235 e. The van der Waals surface area contributed by atoms with Crippen molar-refractivity contribution in [2.75, 3.05) is 5.75 Å². The van der Waals surface area contributed by atoms with Gasteiger partial charge >= 0.3 is 0 Å². The molecule has 12 heavy (non-hydrogen) atoms. The van der Waals surface area contributed by atoms with Gasteiger partial charge in [0.25, 0.3) is 0 Å². The van der Waals surface area contributed by atoms with Gasteiger partial charge < -0.3 is 0 Å². The number of rotatable bonds is 3. The minimum absolute atomic E-state index is 0.365. The van der Waals surface area contributed by atoms with E-state index >= 15 is 0 Å². The molecule has 1 atom stereocenters. The SMILES string of the molecule is O=S(=O)(Cl)CC(F)c1ccsc1. The van der Waals surface area contributed by atoms with E-state index in [2.05, 4.69) is 0 Å². The molecular formula is C6H6ClFO2S2. The van der Waals surface area contributed by atoms with E-state index in [0.29, 0.717) is 5.56 Å². The van der Waals surface area contributed by atoms with Crippen LogP contribution in [0.2, 0.25) is 0 Å². The molecule has 68 valence electrons. The van der Waals surface area contributed by atoms with E-state index in [1.807, 2.05) is 0 Å². The summed E-state index contributed by atoms with van der Waals surface area (Å²) in [5.74, 6) is -0.661. The Morgan fingerprint density at radius 2 is 2.33 bits per heavy atom. The van der Waals surface area contributed by atoms with Gasteiger partial charge in [-0.1, -0.05) is 0 Å². The van der Waals surface area contributed by atoms with Crippen LogP contribution in [0.15, 0.2) is 16.8 Å². The topological polar surface area (TPSA) is 34.1 Å². The van der Waals surface area contributed by atoms with Crippen LogP contribution in [0.4, 0.5) is 4.39 Å². The molecule has 0 aliphatic heterocycles. The minimum Gasteiger partial charge on any atom is -0.241 e. The highest BCUT2D eigenvalue weighted by Gasteiger charge is 2.17. The molecule has 0 aliphatic rings. The molecule has 1 heterocycles. The first kappa shape index (κ1) is 9.95. The van der Waals surface area contributed by atoms with Gasteiger partial charge in [0.2, 0.25) is 9.05 Å². The Hall–Kier alpha value is -0.130. The van der Waals surface area contributed by atoms with Crippen molar-refractivity contribution in [3.05, 3.63) is 22.4 Å². The average Bonchev–Trinajstić information content (AvgIpc) is 2.32. The molecule has 0 radical (unpaired) electrons. The molecule has 0 fully saturated rings. The number of hydrogen-bond acceptors (Lipinski definition) is 3. The molecule has 1 rings (SSSR count). The third-order valence-corrected chi connectivity index (χ3v) is 3.02. The average molecular weight is 229 g/mol. The quantitative estimate of drug-likeness (QED) is 0.745. The molecule has 1 aromatic heterocycles. The first-order valence-corrected chi connectivity index (χ1v) is 6.49. The summed E-state index contributed by atoms with van der Waals surface area (Å²) in [4.78, 5) is 0. The highest BCUT2D eigenvalue weighted by Crippen LogP contribution is 2.22. The van der Waals surface area contributed by atoms with Gasteiger partial charge in [-0.05, 0) is 22.4 Å². The van der Waals surface area contributed by atoms with Gasteiger partial charge in [0.15, 0.2) is 0 Å². The molecule has 0 aliphatic carbocycles. The van der Waals surface area contributed by atoms with E-state index in [4.69, 9.17) is 10.7 Å². The highest BCUT2D eigenvalue weighted by atomic mass is 35.7. The zero-order chi connectivity index (χ0) is 9.19. The van der Waals surface area contributed by atoms with Gasteiger partial charge in [0, 0.05) is 10.7 Å². The summed E-state index contributed by atoms with van der Waals surface area (Å²) in [7, 11) is 1.13. The highest BCUT2D eigenvalue weighted by molar-refractivity contribution is 8.13. The van der Waals surface area contributed by atoms with Crippen LogP contribution in [0.3, 0.4) is 0 Å². The summed E-state index contributed by atoms with van der Waals surface area (Å²) in [6.45, 7) is 0. The summed E-state index contributed by atoms with van der Waals surface area (Å²) in [5.41, 5.74) is 0.365. The summed E-state index contributed by atoms with van der Waals surface area (Å²) < 4.78 is 33.9. The Morgan fingerprint density at radius 3 is 2.75 bits per heavy atom. The summed E-state index contributed by atoms with van der Waals surface area (Å²) in [5, 5.41) is 3.25. The van der Waals surface area contributed by atoms with Crippen molar-refractivity contribution in [2.45, 2.75) is 6.17 Å². The molecule has 0 amide bonds. The Kier molecular flexibility index (Phi) is 3.09. The second-order valence-corrected chi connectivity index (χ2v) is 5.83. The third kappa shape index (κ3) is 3.08. The monoisotopic (exact) mass is 228 g/mol. The summed E-state index contributed by atoms with van der Waals surface area (Å²) >= 11 is 1.32. The van der Waals surface area contributed by atoms with Crippen molar-refractivity contribution >= 4 is 31.1 Å². The van der Waals surface area contributed by atoms with Crippen molar-refractivity contribution in [1.82, 2.24) is 0 Å². The number of hydrogen-bond donors (Lipinski definition) is 0. The van der Waals surface area contributed by atoms with E-state index in [0.717, 1.165) is 0 Å². The molecule has 6 heteroatoms. The van der Waals surface area contributed by atoms with Gasteiger partial charge in [-0.25, -0.2) is 12.8 Å². The lowest BCUT2D eigenvalue weighted by atomic mass is 10.2. The van der Waals surface area contributed by atoms with E-state index in [1.165, 1.54) is 17.4 Å². The number of alkyl halides is 1. The van der Waals surface area contributed by atoms with Crippen LogP contribution in [0, 0.1) is 0 Å². The summed E-state index contributed by atoms with van der Waals surface area (Å²) in [6, 6.07) is 1.54. The van der Waals surface area contributed by atoms with Crippen molar-refractivity contribution in [3.8, 4) is 0 Å². The molecule has 0 bridgehead atoms. The Morgan fingerprint density at radius 1 is 1.67 bits per heavy atom. The maximum absolute atomic E-state index is 13.0. The van der Waals surface area contributed by atoms with Crippen LogP contribution >= 0.6 is 22.0 Å². The number of halogens is 2. The van der Waals surface area contributed by atoms with E-state index in [1.54, 1.807) is 10.8 Å². The van der Waals surface area contributed by atoms with Crippen molar-refractivity contribution < 1.29 is 12.8 Å². The number of thiophene rings is 1.